The Hall–Kier alpha value is -3.01. The molecule has 9 nitrogen and oxygen atoms in total. The highest BCUT2D eigenvalue weighted by Crippen LogP contribution is 2.28. The lowest BCUT2D eigenvalue weighted by Gasteiger charge is -2.23. The molecule has 4 rings (SSSR count). The van der Waals surface area contributed by atoms with E-state index in [0.29, 0.717) is 37.0 Å². The number of rotatable bonds is 12. The number of ether oxygens (including phenoxy) is 3. The van der Waals surface area contributed by atoms with Crippen LogP contribution in [-0.4, -0.2) is 59.6 Å². The van der Waals surface area contributed by atoms with E-state index in [0.717, 1.165) is 60.6 Å². The van der Waals surface area contributed by atoms with Crippen LogP contribution in [0.3, 0.4) is 0 Å². The van der Waals surface area contributed by atoms with Crippen molar-refractivity contribution in [2.24, 2.45) is 11.8 Å². The number of pyridine rings is 1. The SMILES string of the molecule is COC[C@H](C)OC(=O)C(CC(C)C)NCc1ccc2c(c1)nc(-c1c[nH]c(=O)c(C)c1)n2CC1CCOCC1. The number of methoxy groups -OCH3 is 1. The molecule has 1 fully saturated rings. The van der Waals surface area contributed by atoms with Gasteiger partial charge < -0.3 is 29.1 Å². The smallest absolute Gasteiger partial charge is 0.323 e. The van der Waals surface area contributed by atoms with Gasteiger partial charge in [0.25, 0.3) is 5.56 Å². The van der Waals surface area contributed by atoms with Crippen LogP contribution >= 0.6 is 0 Å². The second kappa shape index (κ2) is 13.4. The monoisotopic (exact) mass is 538 g/mol. The Morgan fingerprint density at radius 2 is 2.00 bits per heavy atom. The highest BCUT2D eigenvalue weighted by Gasteiger charge is 2.24. The fourth-order valence-corrected chi connectivity index (χ4v) is 5.13. The molecule has 0 saturated carbocycles. The number of aryl methyl sites for hydroxylation is 1. The number of H-pyrrole nitrogens is 1. The van der Waals surface area contributed by atoms with E-state index in [1.807, 2.05) is 19.9 Å². The number of esters is 1. The van der Waals surface area contributed by atoms with Crippen molar-refractivity contribution in [2.75, 3.05) is 26.9 Å². The molecule has 1 saturated heterocycles. The summed E-state index contributed by atoms with van der Waals surface area (Å²) in [5, 5.41) is 3.41. The van der Waals surface area contributed by atoms with Crippen molar-refractivity contribution in [3.05, 3.63) is 51.9 Å². The van der Waals surface area contributed by atoms with Crippen molar-refractivity contribution in [1.82, 2.24) is 19.9 Å². The number of hydrogen-bond acceptors (Lipinski definition) is 7. The Morgan fingerprint density at radius 3 is 2.69 bits per heavy atom. The van der Waals surface area contributed by atoms with Gasteiger partial charge in [-0.3, -0.25) is 9.59 Å². The fourth-order valence-electron chi connectivity index (χ4n) is 5.13. The number of imidazole rings is 1. The first-order chi connectivity index (χ1) is 18.7. The van der Waals surface area contributed by atoms with E-state index in [1.54, 1.807) is 13.3 Å². The summed E-state index contributed by atoms with van der Waals surface area (Å²) in [7, 11) is 1.60. The number of carbonyl (C=O) groups is 1. The molecule has 1 unspecified atom stereocenters. The van der Waals surface area contributed by atoms with Crippen molar-refractivity contribution in [3.63, 3.8) is 0 Å². The molecule has 3 heterocycles. The van der Waals surface area contributed by atoms with Gasteiger partial charge in [-0.1, -0.05) is 19.9 Å². The Morgan fingerprint density at radius 1 is 1.23 bits per heavy atom. The van der Waals surface area contributed by atoms with Crippen molar-refractivity contribution in [3.8, 4) is 11.4 Å². The van der Waals surface area contributed by atoms with Crippen LogP contribution in [0, 0.1) is 18.8 Å². The number of aromatic nitrogens is 3. The van der Waals surface area contributed by atoms with Gasteiger partial charge in [-0.15, -0.1) is 0 Å². The molecular formula is C30H42N4O5. The predicted octanol–water partition coefficient (Wildman–Crippen LogP) is 4.21. The molecule has 0 aliphatic carbocycles. The minimum Gasteiger partial charge on any atom is -0.459 e. The van der Waals surface area contributed by atoms with Crippen LogP contribution in [0.5, 0.6) is 0 Å². The third-order valence-corrected chi connectivity index (χ3v) is 7.20. The summed E-state index contributed by atoms with van der Waals surface area (Å²) in [6, 6.07) is 7.76. The molecule has 3 aromatic rings. The third-order valence-electron chi connectivity index (χ3n) is 7.20. The van der Waals surface area contributed by atoms with Gasteiger partial charge >= 0.3 is 5.97 Å². The summed E-state index contributed by atoms with van der Waals surface area (Å²) in [6.07, 6.45) is 4.15. The molecule has 0 amide bonds. The van der Waals surface area contributed by atoms with E-state index < -0.39 is 6.04 Å². The van der Waals surface area contributed by atoms with E-state index in [1.165, 1.54) is 0 Å². The van der Waals surface area contributed by atoms with Gasteiger partial charge in [-0.2, -0.15) is 0 Å². The Bertz CT molecular complexity index is 1310. The first-order valence-electron chi connectivity index (χ1n) is 13.9. The lowest BCUT2D eigenvalue weighted by Crippen LogP contribution is -2.40. The highest BCUT2D eigenvalue weighted by atomic mass is 16.6. The minimum absolute atomic E-state index is 0.0923. The Kier molecular flexibility index (Phi) is 9.94. The molecule has 1 aliphatic rings. The standard InChI is InChI=1S/C30H42N4O5/c1-19(2)12-26(30(36)39-21(4)18-37-5)31-15-23-6-7-27-25(14-23)33-28(24-13-20(3)29(35)32-16-24)34(27)17-22-8-10-38-11-9-22/h6-7,13-14,16,19,21-22,26,31H,8-12,15,17-18H2,1-5H3,(H,32,35)/t21-,26?/m0/s1. The van der Waals surface area contributed by atoms with Gasteiger partial charge in [-0.05, 0) is 68.7 Å². The average Bonchev–Trinajstić information content (AvgIpc) is 3.26. The maximum absolute atomic E-state index is 12.9. The predicted molar refractivity (Wildman–Crippen MR) is 152 cm³/mol. The average molecular weight is 539 g/mol. The van der Waals surface area contributed by atoms with E-state index in [-0.39, 0.29) is 17.6 Å². The normalized spacial score (nSPS) is 16.1. The summed E-state index contributed by atoms with van der Waals surface area (Å²) >= 11 is 0. The van der Waals surface area contributed by atoms with Gasteiger partial charge in [0, 0.05) is 50.7 Å². The van der Waals surface area contributed by atoms with Crippen LogP contribution in [0.4, 0.5) is 0 Å². The number of hydrogen-bond donors (Lipinski definition) is 2. The van der Waals surface area contributed by atoms with E-state index in [4.69, 9.17) is 19.2 Å². The second-order valence-electron chi connectivity index (χ2n) is 11.1. The third kappa shape index (κ3) is 7.56. The van der Waals surface area contributed by atoms with Crippen molar-refractivity contribution in [1.29, 1.82) is 0 Å². The number of nitrogens with one attached hydrogen (secondary N) is 2. The first kappa shape index (κ1) is 29.0. The topological polar surface area (TPSA) is 107 Å². The molecule has 2 aromatic heterocycles. The second-order valence-corrected chi connectivity index (χ2v) is 11.1. The van der Waals surface area contributed by atoms with Gasteiger partial charge in [0.1, 0.15) is 18.0 Å². The summed E-state index contributed by atoms with van der Waals surface area (Å²) in [4.78, 5) is 32.7. The maximum atomic E-state index is 12.9. The Balaban J connectivity index is 1.59. The molecular weight excluding hydrogens is 496 g/mol. The maximum Gasteiger partial charge on any atom is 0.323 e. The molecule has 212 valence electrons. The van der Waals surface area contributed by atoms with E-state index in [9.17, 15) is 9.59 Å². The molecule has 0 spiro atoms. The van der Waals surface area contributed by atoms with Crippen LogP contribution in [0.2, 0.25) is 0 Å². The van der Waals surface area contributed by atoms with E-state index >= 15 is 0 Å². The van der Waals surface area contributed by atoms with Crippen LogP contribution in [-0.2, 0) is 32.1 Å². The number of benzene rings is 1. The molecule has 1 aromatic carbocycles. The summed E-state index contributed by atoms with van der Waals surface area (Å²) in [6.45, 7) is 11.1. The van der Waals surface area contributed by atoms with Crippen LogP contribution in [0.15, 0.2) is 35.3 Å². The Labute approximate surface area is 230 Å². The van der Waals surface area contributed by atoms with Gasteiger partial charge in [0.15, 0.2) is 0 Å². The zero-order valence-electron chi connectivity index (χ0n) is 23.8. The van der Waals surface area contributed by atoms with Crippen molar-refractivity contribution in [2.45, 2.75) is 72.2 Å². The fraction of sp³-hybridized carbons (Fsp3) is 0.567. The first-order valence-corrected chi connectivity index (χ1v) is 13.9. The molecule has 2 atom stereocenters. The van der Waals surface area contributed by atoms with Crippen LogP contribution < -0.4 is 10.9 Å². The number of aromatic amines is 1. The number of fused-ring (bicyclic) bond motifs is 1. The quantitative estimate of drug-likeness (QED) is 0.333. The lowest BCUT2D eigenvalue weighted by molar-refractivity contribution is -0.153. The molecule has 0 radical (unpaired) electrons. The van der Waals surface area contributed by atoms with Gasteiger partial charge in [0.2, 0.25) is 0 Å². The summed E-state index contributed by atoms with van der Waals surface area (Å²) < 4.78 is 18.5. The molecule has 0 bridgehead atoms. The molecule has 2 N–H and O–H groups in total. The van der Waals surface area contributed by atoms with Crippen molar-refractivity contribution < 1.29 is 19.0 Å². The molecule has 1 aliphatic heterocycles. The zero-order valence-corrected chi connectivity index (χ0v) is 23.8. The minimum atomic E-state index is -0.411. The highest BCUT2D eigenvalue weighted by molar-refractivity contribution is 5.81. The zero-order chi connectivity index (χ0) is 27.9. The molecule has 39 heavy (non-hydrogen) atoms. The van der Waals surface area contributed by atoms with E-state index in [2.05, 4.69) is 46.9 Å². The van der Waals surface area contributed by atoms with Gasteiger partial charge in [0.05, 0.1) is 17.6 Å². The van der Waals surface area contributed by atoms with Crippen LogP contribution in [0.25, 0.3) is 22.4 Å². The largest absolute Gasteiger partial charge is 0.459 e. The summed E-state index contributed by atoms with van der Waals surface area (Å²) in [5.74, 6) is 1.42. The molecule has 9 heteroatoms. The summed E-state index contributed by atoms with van der Waals surface area (Å²) in [5.41, 5.74) is 4.43. The van der Waals surface area contributed by atoms with Crippen LogP contribution in [0.1, 0.15) is 51.2 Å². The number of carbonyl (C=O) groups excluding carboxylic acids is 1. The number of nitrogens with zero attached hydrogens (tertiary/aromatic N) is 2. The lowest BCUT2D eigenvalue weighted by atomic mass is 10.00. The van der Waals surface area contributed by atoms with Crippen molar-refractivity contribution >= 4 is 17.0 Å². The van der Waals surface area contributed by atoms with Gasteiger partial charge in [-0.25, -0.2) is 4.98 Å².